The molecule has 0 atom stereocenters. The lowest BCUT2D eigenvalue weighted by Crippen LogP contribution is -2.24. The lowest BCUT2D eigenvalue weighted by Gasteiger charge is -2.08. The maximum absolute atomic E-state index is 13.4. The Morgan fingerprint density at radius 3 is 2.63 bits per heavy atom. The molecule has 8 heteroatoms. The van der Waals surface area contributed by atoms with Crippen molar-refractivity contribution in [1.29, 1.82) is 5.26 Å². The van der Waals surface area contributed by atoms with Crippen LogP contribution in [0.4, 0.5) is 10.1 Å². The summed E-state index contributed by atoms with van der Waals surface area (Å²) >= 11 is 0. The molecule has 27 heavy (non-hydrogen) atoms. The smallest absolute Gasteiger partial charge is 0.344 e. The molecule has 3 rings (SSSR count). The second-order valence-electron chi connectivity index (χ2n) is 5.34. The molecule has 0 aliphatic heterocycles. The van der Waals surface area contributed by atoms with Gasteiger partial charge in [0.15, 0.2) is 24.8 Å². The number of furan rings is 1. The Bertz CT molecular complexity index is 1040. The van der Waals surface area contributed by atoms with Gasteiger partial charge >= 0.3 is 5.97 Å². The molecule has 1 aromatic heterocycles. The number of para-hydroxylation sites is 2. The molecule has 0 unspecified atom stereocenters. The molecule has 1 amide bonds. The van der Waals surface area contributed by atoms with Gasteiger partial charge in [-0.3, -0.25) is 4.79 Å². The molecule has 2 aromatic carbocycles. The molecule has 7 nitrogen and oxygen atoms in total. The van der Waals surface area contributed by atoms with E-state index in [0.29, 0.717) is 11.0 Å². The number of ether oxygens (including phenoxy) is 2. The highest BCUT2D eigenvalue weighted by atomic mass is 19.1. The quantitative estimate of drug-likeness (QED) is 0.671. The third-order valence-electron chi connectivity index (χ3n) is 3.51. The Balaban J connectivity index is 1.55. The first kappa shape index (κ1) is 17.9. The Morgan fingerprint density at radius 2 is 1.85 bits per heavy atom. The van der Waals surface area contributed by atoms with Gasteiger partial charge in [-0.1, -0.05) is 24.3 Å². The van der Waals surface area contributed by atoms with Gasteiger partial charge in [-0.25, -0.2) is 9.18 Å². The number of nitrogens with one attached hydrogen (secondary N) is 1. The fraction of sp³-hybridized carbons (Fsp3) is 0.105. The Kier molecular flexibility index (Phi) is 5.33. The number of rotatable bonds is 6. The number of carbonyl (C=O) groups excluding carboxylic acids is 2. The van der Waals surface area contributed by atoms with E-state index in [0.717, 1.165) is 0 Å². The molecule has 0 saturated carbocycles. The molecule has 0 saturated heterocycles. The summed E-state index contributed by atoms with van der Waals surface area (Å²) < 4.78 is 28.5. The molecule has 0 aliphatic rings. The van der Waals surface area contributed by atoms with Gasteiger partial charge in [-0.05, 0) is 24.3 Å². The molecule has 1 heterocycles. The summed E-state index contributed by atoms with van der Waals surface area (Å²) in [5, 5.41) is 12.2. The van der Waals surface area contributed by atoms with Gasteiger partial charge in [0.1, 0.15) is 17.3 Å². The lowest BCUT2D eigenvalue weighted by atomic mass is 10.2. The molecular formula is C19H13FN2O5. The van der Waals surface area contributed by atoms with Crippen LogP contribution in [0.3, 0.4) is 0 Å². The Morgan fingerprint density at radius 1 is 1.11 bits per heavy atom. The number of nitriles is 1. The highest BCUT2D eigenvalue weighted by Gasteiger charge is 2.17. The van der Waals surface area contributed by atoms with E-state index in [-0.39, 0.29) is 17.2 Å². The number of nitrogens with zero attached hydrogens (tertiary/aromatic N) is 1. The first-order chi connectivity index (χ1) is 13.1. The summed E-state index contributed by atoms with van der Waals surface area (Å²) in [7, 11) is 0. The summed E-state index contributed by atoms with van der Waals surface area (Å²) in [6.45, 7) is -1.14. The van der Waals surface area contributed by atoms with Crippen LogP contribution in [-0.2, 0) is 14.3 Å². The topological polar surface area (TPSA) is 102 Å². The highest BCUT2D eigenvalue weighted by molar-refractivity contribution is 6.03. The average molecular weight is 368 g/mol. The molecule has 0 spiro atoms. The Labute approximate surface area is 152 Å². The van der Waals surface area contributed by atoms with Crippen LogP contribution in [0.25, 0.3) is 11.0 Å². The molecule has 3 aromatic rings. The third kappa shape index (κ3) is 4.22. The number of hydrogen-bond acceptors (Lipinski definition) is 6. The minimum atomic E-state index is -0.842. The van der Waals surface area contributed by atoms with E-state index in [9.17, 15) is 14.0 Å². The number of benzene rings is 2. The van der Waals surface area contributed by atoms with Crippen LogP contribution in [0.2, 0.25) is 0 Å². The van der Waals surface area contributed by atoms with Crippen LogP contribution in [-0.4, -0.2) is 25.1 Å². The van der Waals surface area contributed by atoms with Gasteiger partial charge in [0.2, 0.25) is 5.76 Å². The number of fused-ring (bicyclic) bond motifs is 1. The van der Waals surface area contributed by atoms with E-state index >= 15 is 0 Å². The fourth-order valence-corrected chi connectivity index (χ4v) is 2.31. The molecule has 0 bridgehead atoms. The van der Waals surface area contributed by atoms with Crippen LogP contribution in [0, 0.1) is 17.1 Å². The number of anilines is 1. The second kappa shape index (κ2) is 8.01. The molecule has 1 N–H and O–H groups in total. The zero-order valence-corrected chi connectivity index (χ0v) is 13.9. The number of amides is 1. The predicted octanol–water partition coefficient (Wildman–Crippen LogP) is 3.00. The maximum atomic E-state index is 13.4. The van der Waals surface area contributed by atoms with Crippen molar-refractivity contribution in [1.82, 2.24) is 0 Å². The van der Waals surface area contributed by atoms with E-state index in [4.69, 9.17) is 19.2 Å². The molecule has 0 aliphatic carbocycles. The van der Waals surface area contributed by atoms with Crippen molar-refractivity contribution in [2.75, 3.05) is 18.5 Å². The van der Waals surface area contributed by atoms with Crippen molar-refractivity contribution in [2.45, 2.75) is 0 Å². The standard InChI is InChI=1S/C19H13FN2O5/c20-13-6-2-4-8-15(13)25-11-18(24)26-10-17(23)22-19-12-5-1-3-7-14(12)27-16(19)9-21/h1-8H,10-11H2,(H,22,23). The van der Waals surface area contributed by atoms with Gasteiger partial charge in [0.25, 0.3) is 5.91 Å². The lowest BCUT2D eigenvalue weighted by molar-refractivity contribution is -0.149. The Hall–Kier alpha value is -3.86. The van der Waals surface area contributed by atoms with Crippen molar-refractivity contribution < 1.29 is 27.9 Å². The van der Waals surface area contributed by atoms with E-state index in [1.54, 1.807) is 30.3 Å². The normalized spacial score (nSPS) is 10.2. The van der Waals surface area contributed by atoms with Crippen LogP contribution >= 0.6 is 0 Å². The minimum Gasteiger partial charge on any atom is -0.479 e. The van der Waals surface area contributed by atoms with Gasteiger partial charge < -0.3 is 19.2 Å². The van der Waals surface area contributed by atoms with Crippen LogP contribution in [0.1, 0.15) is 5.76 Å². The fourth-order valence-electron chi connectivity index (χ4n) is 2.31. The average Bonchev–Trinajstić information content (AvgIpc) is 3.03. The first-order valence-corrected chi connectivity index (χ1v) is 7.83. The monoisotopic (exact) mass is 368 g/mol. The van der Waals surface area contributed by atoms with Crippen LogP contribution in [0.5, 0.6) is 5.75 Å². The van der Waals surface area contributed by atoms with Crippen molar-refractivity contribution in [3.63, 3.8) is 0 Å². The number of carbonyl (C=O) groups is 2. The summed E-state index contributed by atoms with van der Waals surface area (Å²) in [4.78, 5) is 23.7. The minimum absolute atomic E-state index is 0.0567. The molecule has 0 fully saturated rings. The van der Waals surface area contributed by atoms with Crippen molar-refractivity contribution in [3.8, 4) is 11.8 Å². The van der Waals surface area contributed by atoms with Crippen molar-refractivity contribution in [2.24, 2.45) is 0 Å². The highest BCUT2D eigenvalue weighted by Crippen LogP contribution is 2.30. The molecular weight excluding hydrogens is 355 g/mol. The first-order valence-electron chi connectivity index (χ1n) is 7.83. The zero-order valence-electron chi connectivity index (χ0n) is 13.9. The van der Waals surface area contributed by atoms with Crippen molar-refractivity contribution in [3.05, 3.63) is 60.1 Å². The van der Waals surface area contributed by atoms with E-state index in [1.165, 1.54) is 18.2 Å². The zero-order chi connectivity index (χ0) is 19.2. The number of halogens is 1. The van der Waals surface area contributed by atoms with E-state index in [1.807, 2.05) is 6.07 Å². The summed E-state index contributed by atoms with van der Waals surface area (Å²) in [6, 6.07) is 14.3. The molecule has 136 valence electrons. The van der Waals surface area contributed by atoms with Crippen LogP contribution in [0.15, 0.2) is 52.9 Å². The van der Waals surface area contributed by atoms with Gasteiger partial charge in [-0.2, -0.15) is 5.26 Å². The SMILES string of the molecule is N#Cc1oc2ccccc2c1NC(=O)COC(=O)COc1ccccc1F. The second-order valence-corrected chi connectivity index (χ2v) is 5.34. The van der Waals surface area contributed by atoms with Gasteiger partial charge in [-0.15, -0.1) is 0 Å². The number of esters is 1. The van der Waals surface area contributed by atoms with Crippen LogP contribution < -0.4 is 10.1 Å². The maximum Gasteiger partial charge on any atom is 0.344 e. The number of hydrogen-bond donors (Lipinski definition) is 1. The van der Waals surface area contributed by atoms with Gasteiger partial charge in [0.05, 0.1) is 0 Å². The third-order valence-corrected chi connectivity index (χ3v) is 3.51. The molecule has 0 radical (unpaired) electrons. The predicted molar refractivity (Wildman–Crippen MR) is 92.4 cm³/mol. The van der Waals surface area contributed by atoms with Gasteiger partial charge in [0, 0.05) is 5.39 Å². The summed E-state index contributed by atoms with van der Waals surface area (Å²) in [5.74, 6) is -2.26. The summed E-state index contributed by atoms with van der Waals surface area (Å²) in [6.07, 6.45) is 0. The summed E-state index contributed by atoms with van der Waals surface area (Å²) in [5.41, 5.74) is 0.649. The largest absolute Gasteiger partial charge is 0.479 e. The van der Waals surface area contributed by atoms with E-state index in [2.05, 4.69) is 5.32 Å². The van der Waals surface area contributed by atoms with E-state index < -0.39 is 30.9 Å². The van der Waals surface area contributed by atoms with Crippen molar-refractivity contribution >= 4 is 28.5 Å².